The van der Waals surface area contributed by atoms with Crippen LogP contribution in [0, 0.1) is 11.3 Å². The molecular formula is C20H10Cl4N2O2. The molecule has 28 heavy (non-hydrogen) atoms. The van der Waals surface area contributed by atoms with E-state index in [1.54, 1.807) is 30.3 Å². The molecule has 140 valence electrons. The summed E-state index contributed by atoms with van der Waals surface area (Å²) in [6.45, 7) is 0. The second kappa shape index (κ2) is 8.72. The summed E-state index contributed by atoms with van der Waals surface area (Å²) in [5.74, 6) is 0.174. The van der Waals surface area contributed by atoms with Gasteiger partial charge in [0.15, 0.2) is 0 Å². The third kappa shape index (κ3) is 4.89. The molecule has 1 heterocycles. The molecule has 0 aliphatic carbocycles. The van der Waals surface area contributed by atoms with Gasteiger partial charge >= 0.3 is 0 Å². The Morgan fingerprint density at radius 2 is 1.68 bits per heavy atom. The third-order valence-electron chi connectivity index (χ3n) is 3.60. The molecule has 1 N–H and O–H groups in total. The maximum atomic E-state index is 12.4. The van der Waals surface area contributed by atoms with Gasteiger partial charge in [0.2, 0.25) is 0 Å². The molecule has 4 nitrogen and oxygen atoms in total. The first-order valence-electron chi connectivity index (χ1n) is 7.80. The number of carbonyl (C=O) groups is 1. The van der Waals surface area contributed by atoms with Crippen molar-refractivity contribution < 1.29 is 9.21 Å². The third-order valence-corrected chi connectivity index (χ3v) is 4.58. The molecule has 1 aromatic heterocycles. The highest BCUT2D eigenvalue weighted by atomic mass is 35.5. The van der Waals surface area contributed by atoms with Crippen LogP contribution in [0.15, 0.2) is 58.5 Å². The number of nitrogens with zero attached hydrogens (tertiary/aromatic N) is 1. The highest BCUT2D eigenvalue weighted by Crippen LogP contribution is 2.32. The van der Waals surface area contributed by atoms with Crippen LogP contribution in [0.3, 0.4) is 0 Å². The molecular weight excluding hydrogens is 442 g/mol. The van der Waals surface area contributed by atoms with Crippen molar-refractivity contribution in [1.29, 1.82) is 5.26 Å². The van der Waals surface area contributed by atoms with E-state index in [0.717, 1.165) is 0 Å². The fraction of sp³-hybridized carbons (Fsp3) is 0. The summed E-state index contributed by atoms with van der Waals surface area (Å²) in [6.07, 6.45) is 1.33. The first-order chi connectivity index (χ1) is 13.4. The van der Waals surface area contributed by atoms with E-state index in [2.05, 4.69) is 5.32 Å². The van der Waals surface area contributed by atoms with Crippen LogP contribution >= 0.6 is 46.4 Å². The quantitative estimate of drug-likeness (QED) is 0.339. The van der Waals surface area contributed by atoms with E-state index in [1.165, 1.54) is 24.3 Å². The average molecular weight is 452 g/mol. The van der Waals surface area contributed by atoms with Crippen LogP contribution in [0.25, 0.3) is 17.4 Å². The number of rotatable bonds is 4. The van der Waals surface area contributed by atoms with E-state index in [4.69, 9.17) is 50.8 Å². The van der Waals surface area contributed by atoms with Crippen molar-refractivity contribution in [3.8, 4) is 17.4 Å². The predicted molar refractivity (Wildman–Crippen MR) is 113 cm³/mol. The zero-order valence-corrected chi connectivity index (χ0v) is 17.0. The Morgan fingerprint density at radius 1 is 0.964 bits per heavy atom. The monoisotopic (exact) mass is 450 g/mol. The lowest BCUT2D eigenvalue weighted by atomic mass is 10.2. The summed E-state index contributed by atoms with van der Waals surface area (Å²) in [7, 11) is 0. The number of furan rings is 1. The average Bonchev–Trinajstić information content (AvgIpc) is 3.07. The van der Waals surface area contributed by atoms with Crippen LogP contribution in [-0.2, 0) is 4.79 Å². The zero-order chi connectivity index (χ0) is 20.3. The summed E-state index contributed by atoms with van der Waals surface area (Å²) in [5, 5.41) is 13.6. The maximum Gasteiger partial charge on any atom is 0.266 e. The Hall–Kier alpha value is -2.42. The van der Waals surface area contributed by atoms with E-state index in [9.17, 15) is 10.1 Å². The number of amides is 1. The minimum absolute atomic E-state index is 0.154. The molecule has 0 unspecified atom stereocenters. The number of carbonyl (C=O) groups excluding carboxylic acids is 1. The van der Waals surface area contributed by atoms with E-state index in [0.29, 0.717) is 42.9 Å². The van der Waals surface area contributed by atoms with Gasteiger partial charge in [-0.2, -0.15) is 5.26 Å². The Bertz CT molecular complexity index is 1110. The van der Waals surface area contributed by atoms with Crippen molar-refractivity contribution in [2.75, 3.05) is 5.32 Å². The Morgan fingerprint density at radius 3 is 2.32 bits per heavy atom. The summed E-state index contributed by atoms with van der Waals surface area (Å²) in [6, 6.07) is 14.7. The van der Waals surface area contributed by atoms with Gasteiger partial charge in [-0.05, 0) is 48.5 Å². The van der Waals surface area contributed by atoms with E-state index in [-0.39, 0.29) is 5.57 Å². The molecule has 0 spiro atoms. The normalized spacial score (nSPS) is 11.2. The Kier molecular flexibility index (Phi) is 6.33. The topological polar surface area (TPSA) is 66.0 Å². The van der Waals surface area contributed by atoms with Gasteiger partial charge < -0.3 is 9.73 Å². The molecule has 0 fully saturated rings. The van der Waals surface area contributed by atoms with Crippen molar-refractivity contribution in [2.45, 2.75) is 0 Å². The lowest BCUT2D eigenvalue weighted by molar-refractivity contribution is -0.112. The van der Waals surface area contributed by atoms with Gasteiger partial charge in [-0.1, -0.05) is 46.4 Å². The van der Waals surface area contributed by atoms with Gasteiger partial charge in [0.1, 0.15) is 23.2 Å². The van der Waals surface area contributed by atoms with Gasteiger partial charge in [-0.3, -0.25) is 4.79 Å². The van der Waals surface area contributed by atoms with Crippen LogP contribution in [-0.4, -0.2) is 5.91 Å². The van der Waals surface area contributed by atoms with Crippen LogP contribution in [0.5, 0.6) is 0 Å². The smallest absolute Gasteiger partial charge is 0.266 e. The fourth-order valence-corrected chi connectivity index (χ4v) is 3.41. The highest BCUT2D eigenvalue weighted by molar-refractivity contribution is 6.36. The van der Waals surface area contributed by atoms with Gasteiger partial charge in [0, 0.05) is 32.4 Å². The molecule has 3 rings (SSSR count). The molecule has 0 saturated carbocycles. The van der Waals surface area contributed by atoms with Crippen LogP contribution in [0.4, 0.5) is 5.69 Å². The molecule has 0 aliphatic rings. The van der Waals surface area contributed by atoms with Crippen molar-refractivity contribution >= 4 is 64.1 Å². The Balaban J connectivity index is 1.84. The predicted octanol–water partition coefficient (Wildman–Crippen LogP) is 7.11. The Labute approximate surface area is 180 Å². The molecule has 0 bridgehead atoms. The summed E-state index contributed by atoms with van der Waals surface area (Å²) in [4.78, 5) is 12.4. The molecule has 0 saturated heterocycles. The standard InChI is InChI=1S/C20H10Cl4N2O2/c21-12-1-3-17(18(24)9-12)19-4-2-16(28-19)5-11(10-25)20(27)26-15-7-13(22)6-14(23)8-15/h1-9H,(H,26,27)/b11-5+. The molecule has 3 aromatic rings. The second-order valence-corrected chi connectivity index (χ2v) is 7.32. The molecule has 8 heteroatoms. The first kappa shape index (κ1) is 20.3. The van der Waals surface area contributed by atoms with Gasteiger partial charge in [-0.25, -0.2) is 0 Å². The van der Waals surface area contributed by atoms with E-state index < -0.39 is 5.91 Å². The summed E-state index contributed by atoms with van der Waals surface area (Å²) >= 11 is 23.9. The number of anilines is 1. The second-order valence-electron chi connectivity index (χ2n) is 5.61. The van der Waals surface area contributed by atoms with Gasteiger partial charge in [0.25, 0.3) is 5.91 Å². The number of halogens is 4. The van der Waals surface area contributed by atoms with Gasteiger partial charge in [-0.15, -0.1) is 0 Å². The zero-order valence-electron chi connectivity index (χ0n) is 14.0. The van der Waals surface area contributed by atoms with Crippen LogP contribution < -0.4 is 5.32 Å². The van der Waals surface area contributed by atoms with E-state index in [1.807, 2.05) is 6.07 Å². The fourth-order valence-electron chi connectivity index (χ4n) is 2.38. The number of nitrogens with one attached hydrogen (secondary N) is 1. The molecule has 2 aromatic carbocycles. The van der Waals surface area contributed by atoms with Crippen molar-refractivity contribution in [2.24, 2.45) is 0 Å². The van der Waals surface area contributed by atoms with Crippen molar-refractivity contribution in [3.05, 3.63) is 80.0 Å². The SMILES string of the molecule is N#C/C(=C\c1ccc(-c2ccc(Cl)cc2Cl)o1)C(=O)Nc1cc(Cl)cc(Cl)c1. The minimum Gasteiger partial charge on any atom is -0.457 e. The summed E-state index contributed by atoms with van der Waals surface area (Å²) < 4.78 is 5.68. The summed E-state index contributed by atoms with van der Waals surface area (Å²) in [5.41, 5.74) is 0.859. The molecule has 0 radical (unpaired) electrons. The molecule has 0 atom stereocenters. The highest BCUT2D eigenvalue weighted by Gasteiger charge is 2.13. The largest absolute Gasteiger partial charge is 0.457 e. The number of benzene rings is 2. The van der Waals surface area contributed by atoms with Crippen LogP contribution in [0.2, 0.25) is 20.1 Å². The number of nitriles is 1. The number of hydrogen-bond acceptors (Lipinski definition) is 3. The van der Waals surface area contributed by atoms with Gasteiger partial charge in [0.05, 0.1) is 5.02 Å². The molecule has 0 aliphatic heterocycles. The lowest BCUT2D eigenvalue weighted by Crippen LogP contribution is -2.13. The van der Waals surface area contributed by atoms with Crippen LogP contribution in [0.1, 0.15) is 5.76 Å². The maximum absolute atomic E-state index is 12.4. The van der Waals surface area contributed by atoms with E-state index >= 15 is 0 Å². The minimum atomic E-state index is -0.622. The van der Waals surface area contributed by atoms with Crippen molar-refractivity contribution in [3.63, 3.8) is 0 Å². The van der Waals surface area contributed by atoms with Crippen molar-refractivity contribution in [1.82, 2.24) is 0 Å². The first-order valence-corrected chi connectivity index (χ1v) is 9.31. The lowest BCUT2D eigenvalue weighted by Gasteiger charge is -2.05. The number of hydrogen-bond donors (Lipinski definition) is 1. The molecule has 1 amide bonds.